The molecule has 3 N–H and O–H groups in total. The number of carbonyl (C=O) groups is 2. The van der Waals surface area contributed by atoms with Gasteiger partial charge in [0.05, 0.1) is 11.4 Å². The zero-order valence-corrected chi connectivity index (χ0v) is 12.4. The van der Waals surface area contributed by atoms with Gasteiger partial charge in [-0.25, -0.2) is 4.79 Å². The Morgan fingerprint density at radius 1 is 0.900 bits per heavy atom. The fourth-order valence-electron chi connectivity index (χ4n) is 1.61. The number of amides is 2. The molecule has 0 atom stereocenters. The van der Waals surface area contributed by atoms with E-state index in [4.69, 9.17) is 5.11 Å². The molecule has 20 heavy (non-hydrogen) atoms. The van der Waals surface area contributed by atoms with Crippen molar-refractivity contribution in [3.8, 4) is 0 Å². The van der Waals surface area contributed by atoms with Gasteiger partial charge in [-0.2, -0.15) is 0 Å². The lowest BCUT2D eigenvalue weighted by molar-refractivity contribution is 0.102. The van der Waals surface area contributed by atoms with Crippen molar-refractivity contribution in [2.45, 2.75) is 0 Å². The average molecular weight is 382 g/mol. The lowest BCUT2D eigenvalue weighted by Crippen LogP contribution is -2.15. The molecule has 0 spiro atoms. The van der Waals surface area contributed by atoms with Gasteiger partial charge in [-0.3, -0.25) is 10.1 Å². The van der Waals surface area contributed by atoms with Gasteiger partial charge in [0.2, 0.25) is 0 Å². The third-order valence-electron chi connectivity index (χ3n) is 2.52. The smallest absolute Gasteiger partial charge is 0.409 e. The van der Waals surface area contributed by atoms with E-state index in [1.165, 1.54) is 0 Å². The maximum Gasteiger partial charge on any atom is 0.409 e. The molecule has 0 unspecified atom stereocenters. The standard InChI is InChI=1S/C14H11IN2O3/c15-10-7-5-9(6-8-10)13(18)16-11-3-1-2-4-12(11)17-14(19)20/h1-8,17H,(H,16,18)(H,19,20). The number of hydrogen-bond acceptors (Lipinski definition) is 2. The van der Waals surface area contributed by atoms with Crippen molar-refractivity contribution >= 4 is 46.0 Å². The summed E-state index contributed by atoms with van der Waals surface area (Å²) in [5.74, 6) is -0.291. The van der Waals surface area contributed by atoms with Crippen molar-refractivity contribution in [2.24, 2.45) is 0 Å². The molecule has 0 aliphatic rings. The van der Waals surface area contributed by atoms with E-state index < -0.39 is 6.09 Å². The normalized spacial score (nSPS) is 9.85. The summed E-state index contributed by atoms with van der Waals surface area (Å²) in [6.45, 7) is 0. The number of rotatable bonds is 3. The third-order valence-corrected chi connectivity index (χ3v) is 3.24. The van der Waals surface area contributed by atoms with E-state index in [1.54, 1.807) is 36.4 Å². The second-order valence-corrected chi connectivity index (χ2v) is 5.18. The Hall–Kier alpha value is -2.09. The molecule has 0 heterocycles. The number of carbonyl (C=O) groups excluding carboxylic acids is 1. The molecule has 0 saturated carbocycles. The average Bonchev–Trinajstić information content (AvgIpc) is 2.41. The first-order valence-electron chi connectivity index (χ1n) is 5.72. The number of carboxylic acid groups (broad SMARTS) is 1. The number of hydrogen-bond donors (Lipinski definition) is 3. The van der Waals surface area contributed by atoms with Crippen LogP contribution >= 0.6 is 22.6 Å². The Morgan fingerprint density at radius 3 is 2.00 bits per heavy atom. The highest BCUT2D eigenvalue weighted by Gasteiger charge is 2.10. The molecule has 2 rings (SSSR count). The molecular weight excluding hydrogens is 371 g/mol. The molecule has 0 fully saturated rings. The van der Waals surface area contributed by atoms with E-state index >= 15 is 0 Å². The molecule has 5 nitrogen and oxygen atoms in total. The maximum absolute atomic E-state index is 12.1. The Kier molecular flexibility index (Phi) is 4.57. The molecule has 0 radical (unpaired) electrons. The van der Waals surface area contributed by atoms with Crippen molar-refractivity contribution in [3.05, 3.63) is 57.7 Å². The van der Waals surface area contributed by atoms with Gasteiger partial charge in [0, 0.05) is 9.13 Å². The molecule has 2 aromatic rings. The van der Waals surface area contributed by atoms with Crippen LogP contribution in [0.4, 0.5) is 16.2 Å². The van der Waals surface area contributed by atoms with Gasteiger partial charge in [0.1, 0.15) is 0 Å². The van der Waals surface area contributed by atoms with E-state index in [2.05, 4.69) is 33.2 Å². The first kappa shape index (κ1) is 14.3. The van der Waals surface area contributed by atoms with Crippen LogP contribution in [0.1, 0.15) is 10.4 Å². The zero-order chi connectivity index (χ0) is 14.5. The molecule has 0 aliphatic carbocycles. The number of halogens is 1. The first-order valence-corrected chi connectivity index (χ1v) is 6.80. The van der Waals surface area contributed by atoms with Crippen molar-refractivity contribution in [1.82, 2.24) is 0 Å². The van der Waals surface area contributed by atoms with E-state index in [9.17, 15) is 9.59 Å². The molecule has 0 saturated heterocycles. The van der Waals surface area contributed by atoms with Crippen LogP contribution in [0.15, 0.2) is 48.5 Å². The van der Waals surface area contributed by atoms with E-state index in [0.717, 1.165) is 3.57 Å². The number of nitrogens with one attached hydrogen (secondary N) is 2. The first-order chi connectivity index (χ1) is 9.56. The van der Waals surface area contributed by atoms with Crippen molar-refractivity contribution in [2.75, 3.05) is 10.6 Å². The second-order valence-electron chi connectivity index (χ2n) is 3.94. The van der Waals surface area contributed by atoms with Gasteiger partial charge in [0.15, 0.2) is 0 Å². The molecule has 6 heteroatoms. The van der Waals surface area contributed by atoms with Gasteiger partial charge in [-0.05, 0) is 59.0 Å². The Bertz CT molecular complexity index is 641. The molecular formula is C14H11IN2O3. The maximum atomic E-state index is 12.1. The summed E-state index contributed by atoms with van der Waals surface area (Å²) < 4.78 is 1.03. The van der Waals surface area contributed by atoms with E-state index in [-0.39, 0.29) is 5.91 Å². The van der Waals surface area contributed by atoms with Gasteiger partial charge in [0.25, 0.3) is 5.91 Å². The van der Waals surface area contributed by atoms with Crippen molar-refractivity contribution in [3.63, 3.8) is 0 Å². The third kappa shape index (κ3) is 3.70. The number of benzene rings is 2. The Balaban J connectivity index is 2.19. The van der Waals surface area contributed by atoms with Gasteiger partial charge >= 0.3 is 6.09 Å². The largest absolute Gasteiger partial charge is 0.465 e. The second kappa shape index (κ2) is 6.38. The number of anilines is 2. The van der Waals surface area contributed by atoms with Crippen LogP contribution < -0.4 is 10.6 Å². The van der Waals surface area contributed by atoms with Crippen LogP contribution in [0.5, 0.6) is 0 Å². The minimum absolute atomic E-state index is 0.291. The fraction of sp³-hybridized carbons (Fsp3) is 0. The number of para-hydroxylation sites is 2. The molecule has 0 aliphatic heterocycles. The predicted octanol–water partition coefficient (Wildman–Crippen LogP) is 3.63. The van der Waals surface area contributed by atoms with Crippen LogP contribution in [0, 0.1) is 3.57 Å². The van der Waals surface area contributed by atoms with Crippen LogP contribution in [-0.2, 0) is 0 Å². The Morgan fingerprint density at radius 2 is 1.45 bits per heavy atom. The van der Waals surface area contributed by atoms with Gasteiger partial charge in [-0.15, -0.1) is 0 Å². The lowest BCUT2D eigenvalue weighted by Gasteiger charge is -2.10. The minimum Gasteiger partial charge on any atom is -0.465 e. The van der Waals surface area contributed by atoms with Crippen LogP contribution in [0.3, 0.4) is 0 Å². The zero-order valence-electron chi connectivity index (χ0n) is 10.3. The van der Waals surface area contributed by atoms with Crippen molar-refractivity contribution in [1.29, 1.82) is 0 Å². The summed E-state index contributed by atoms with van der Waals surface area (Å²) in [4.78, 5) is 22.8. The Labute approximate surface area is 129 Å². The molecule has 0 bridgehead atoms. The summed E-state index contributed by atoms with van der Waals surface area (Å²) in [5, 5.41) is 13.7. The van der Waals surface area contributed by atoms with E-state index in [1.807, 2.05) is 12.1 Å². The van der Waals surface area contributed by atoms with Crippen LogP contribution in [0.25, 0.3) is 0 Å². The summed E-state index contributed by atoms with van der Waals surface area (Å²) in [6, 6.07) is 13.7. The van der Waals surface area contributed by atoms with Crippen LogP contribution in [-0.4, -0.2) is 17.1 Å². The van der Waals surface area contributed by atoms with E-state index in [0.29, 0.717) is 16.9 Å². The molecule has 102 valence electrons. The SMILES string of the molecule is O=C(O)Nc1ccccc1NC(=O)c1ccc(I)cc1. The van der Waals surface area contributed by atoms with Gasteiger partial charge < -0.3 is 10.4 Å². The van der Waals surface area contributed by atoms with Crippen molar-refractivity contribution < 1.29 is 14.7 Å². The highest BCUT2D eigenvalue weighted by atomic mass is 127. The van der Waals surface area contributed by atoms with Crippen LogP contribution in [0.2, 0.25) is 0 Å². The summed E-state index contributed by atoms with van der Waals surface area (Å²) >= 11 is 2.16. The quantitative estimate of drug-likeness (QED) is 0.710. The molecule has 2 amide bonds. The summed E-state index contributed by atoms with van der Waals surface area (Å²) in [6.07, 6.45) is -1.18. The van der Waals surface area contributed by atoms with Gasteiger partial charge in [-0.1, -0.05) is 12.1 Å². The summed E-state index contributed by atoms with van der Waals surface area (Å²) in [7, 11) is 0. The molecule has 2 aromatic carbocycles. The predicted molar refractivity (Wildman–Crippen MR) is 85.2 cm³/mol. The minimum atomic E-state index is -1.18. The topological polar surface area (TPSA) is 78.4 Å². The lowest BCUT2D eigenvalue weighted by atomic mass is 10.2. The highest BCUT2D eigenvalue weighted by Crippen LogP contribution is 2.21. The molecule has 0 aromatic heterocycles. The summed E-state index contributed by atoms with van der Waals surface area (Å²) in [5.41, 5.74) is 1.26. The highest BCUT2D eigenvalue weighted by molar-refractivity contribution is 14.1. The fourth-order valence-corrected chi connectivity index (χ4v) is 1.97. The monoisotopic (exact) mass is 382 g/mol.